The van der Waals surface area contributed by atoms with Crippen molar-refractivity contribution in [1.82, 2.24) is 4.57 Å². The number of halogens is 1. The van der Waals surface area contributed by atoms with Crippen molar-refractivity contribution >= 4 is 11.6 Å². The van der Waals surface area contributed by atoms with E-state index < -0.39 is 11.7 Å². The summed E-state index contributed by atoms with van der Waals surface area (Å²) in [5.74, 6) is -1.16. The van der Waals surface area contributed by atoms with E-state index in [1.165, 1.54) is 6.07 Å². The summed E-state index contributed by atoms with van der Waals surface area (Å²) in [5, 5.41) is 12.0. The molecule has 1 aromatic carbocycles. The number of amides is 1. The zero-order valence-corrected chi connectivity index (χ0v) is 11.8. The van der Waals surface area contributed by atoms with Gasteiger partial charge in [0.1, 0.15) is 17.6 Å². The molecule has 1 amide bonds. The third-order valence-corrected chi connectivity index (χ3v) is 3.29. The van der Waals surface area contributed by atoms with E-state index in [1.807, 2.05) is 6.20 Å². The van der Waals surface area contributed by atoms with Crippen molar-refractivity contribution in [2.24, 2.45) is 12.8 Å². The van der Waals surface area contributed by atoms with Gasteiger partial charge in [-0.2, -0.15) is 5.26 Å². The summed E-state index contributed by atoms with van der Waals surface area (Å²) < 4.78 is 15.5. The zero-order valence-electron chi connectivity index (χ0n) is 11.8. The molecule has 1 heterocycles. The van der Waals surface area contributed by atoms with Gasteiger partial charge in [0.15, 0.2) is 0 Å². The number of nitrogens with two attached hydrogens (primary N) is 1. The minimum absolute atomic E-state index is 0.117. The lowest BCUT2D eigenvalue weighted by Crippen LogP contribution is -2.13. The fourth-order valence-electron chi connectivity index (χ4n) is 2.04. The van der Waals surface area contributed by atoms with Crippen LogP contribution in [-0.4, -0.2) is 10.5 Å². The first kappa shape index (κ1) is 14.6. The molecule has 0 unspecified atom stereocenters. The summed E-state index contributed by atoms with van der Waals surface area (Å²) in [5.41, 5.74) is 7.64. The maximum atomic E-state index is 13.8. The summed E-state index contributed by atoms with van der Waals surface area (Å²) in [6.45, 7) is 2.03. The highest BCUT2D eigenvalue weighted by Crippen LogP contribution is 2.21. The van der Waals surface area contributed by atoms with Crippen molar-refractivity contribution in [3.8, 4) is 6.07 Å². The summed E-state index contributed by atoms with van der Waals surface area (Å²) in [4.78, 5) is 11.2. The maximum Gasteiger partial charge on any atom is 0.248 e. The second-order valence-electron chi connectivity index (χ2n) is 4.80. The van der Waals surface area contributed by atoms with Crippen molar-refractivity contribution < 1.29 is 9.18 Å². The Bertz CT molecular complexity index is 743. The maximum absolute atomic E-state index is 13.8. The van der Waals surface area contributed by atoms with Crippen LogP contribution in [0.5, 0.6) is 0 Å². The molecule has 0 saturated heterocycles. The summed E-state index contributed by atoms with van der Waals surface area (Å²) in [7, 11) is 1.78. The van der Waals surface area contributed by atoms with Crippen molar-refractivity contribution in [1.29, 1.82) is 5.26 Å². The fourth-order valence-corrected chi connectivity index (χ4v) is 2.04. The largest absolute Gasteiger partial charge is 0.381 e. The van der Waals surface area contributed by atoms with Crippen LogP contribution >= 0.6 is 0 Å². The minimum atomic E-state index is -0.677. The van der Waals surface area contributed by atoms with Gasteiger partial charge in [0, 0.05) is 36.6 Å². The molecule has 0 aliphatic heterocycles. The molecule has 2 aromatic rings. The van der Waals surface area contributed by atoms with E-state index in [9.17, 15) is 9.18 Å². The molecule has 3 N–H and O–H groups in total. The van der Waals surface area contributed by atoms with Crippen LogP contribution in [0.15, 0.2) is 24.4 Å². The second-order valence-corrected chi connectivity index (χ2v) is 4.80. The number of hydrogen-bond acceptors (Lipinski definition) is 3. The van der Waals surface area contributed by atoms with E-state index in [0.29, 0.717) is 23.5 Å². The lowest BCUT2D eigenvalue weighted by atomic mass is 10.1. The van der Waals surface area contributed by atoms with Gasteiger partial charge < -0.3 is 15.6 Å². The van der Waals surface area contributed by atoms with Crippen LogP contribution in [0.2, 0.25) is 0 Å². The molecule has 0 fully saturated rings. The number of nitrogens with zero attached hydrogens (tertiary/aromatic N) is 2. The standard InChI is InChI=1S/C15H15FN4O/c1-9-13(16)4-11(15(18)21)5-14(9)19-7-10-3-12(6-17)20(2)8-10/h3-5,8,19H,7H2,1-2H3,(H2,18,21). The van der Waals surface area contributed by atoms with Crippen LogP contribution in [-0.2, 0) is 13.6 Å². The molecule has 21 heavy (non-hydrogen) atoms. The number of hydrogen-bond donors (Lipinski definition) is 2. The predicted molar refractivity (Wildman–Crippen MR) is 77.1 cm³/mol. The number of primary amides is 1. The van der Waals surface area contributed by atoms with Crippen LogP contribution in [0.4, 0.5) is 10.1 Å². The normalized spacial score (nSPS) is 10.2. The predicted octanol–water partition coefficient (Wildman–Crippen LogP) is 2.06. The number of aryl methyl sites for hydroxylation is 1. The summed E-state index contributed by atoms with van der Waals surface area (Å²) >= 11 is 0. The number of benzene rings is 1. The van der Waals surface area contributed by atoms with Crippen LogP contribution in [0, 0.1) is 24.1 Å². The third-order valence-electron chi connectivity index (χ3n) is 3.29. The molecule has 5 nitrogen and oxygen atoms in total. The third kappa shape index (κ3) is 3.03. The SMILES string of the molecule is Cc1c(F)cc(C(N)=O)cc1NCc1cc(C#N)n(C)c1. The Morgan fingerprint density at radius 1 is 1.48 bits per heavy atom. The van der Waals surface area contributed by atoms with Crippen LogP contribution < -0.4 is 11.1 Å². The van der Waals surface area contributed by atoms with Crippen molar-refractivity contribution in [3.05, 3.63) is 52.6 Å². The quantitative estimate of drug-likeness (QED) is 0.902. The highest BCUT2D eigenvalue weighted by atomic mass is 19.1. The highest BCUT2D eigenvalue weighted by Gasteiger charge is 2.11. The van der Waals surface area contributed by atoms with Gasteiger partial charge in [-0.1, -0.05) is 0 Å². The van der Waals surface area contributed by atoms with E-state index >= 15 is 0 Å². The average Bonchev–Trinajstić information content (AvgIpc) is 2.80. The Balaban J connectivity index is 2.23. The van der Waals surface area contributed by atoms with Crippen molar-refractivity contribution in [2.45, 2.75) is 13.5 Å². The molecule has 0 atom stereocenters. The number of nitrogens with one attached hydrogen (secondary N) is 1. The topological polar surface area (TPSA) is 83.8 Å². The first-order valence-electron chi connectivity index (χ1n) is 6.31. The lowest BCUT2D eigenvalue weighted by molar-refractivity contribution is 0.1000. The second kappa shape index (κ2) is 5.67. The molecule has 108 valence electrons. The Labute approximate surface area is 121 Å². The summed E-state index contributed by atoms with van der Waals surface area (Å²) in [6, 6.07) is 6.47. The minimum Gasteiger partial charge on any atom is -0.381 e. The van der Waals surface area contributed by atoms with E-state index in [0.717, 1.165) is 11.6 Å². The molecule has 0 spiro atoms. The fraction of sp³-hybridized carbons (Fsp3) is 0.200. The molecule has 2 rings (SSSR count). The first-order chi connectivity index (χ1) is 9.92. The molecular weight excluding hydrogens is 271 g/mol. The zero-order chi connectivity index (χ0) is 15.6. The Morgan fingerprint density at radius 2 is 2.19 bits per heavy atom. The number of aromatic nitrogens is 1. The molecular formula is C15H15FN4O. The van der Waals surface area contributed by atoms with Crippen molar-refractivity contribution in [3.63, 3.8) is 0 Å². The van der Waals surface area contributed by atoms with Gasteiger partial charge >= 0.3 is 0 Å². The number of rotatable bonds is 4. The number of carbonyl (C=O) groups excluding carboxylic acids is 1. The number of nitriles is 1. The molecule has 6 heteroatoms. The van der Waals surface area contributed by atoms with E-state index in [2.05, 4.69) is 11.4 Å². The van der Waals surface area contributed by atoms with Gasteiger partial charge in [-0.3, -0.25) is 4.79 Å². The van der Waals surface area contributed by atoms with Crippen LogP contribution in [0.25, 0.3) is 0 Å². The monoisotopic (exact) mass is 286 g/mol. The van der Waals surface area contributed by atoms with E-state index in [1.54, 1.807) is 24.6 Å². The number of anilines is 1. The molecule has 0 bridgehead atoms. The Morgan fingerprint density at radius 3 is 2.76 bits per heavy atom. The summed E-state index contributed by atoms with van der Waals surface area (Å²) in [6.07, 6.45) is 1.81. The van der Waals surface area contributed by atoms with Gasteiger partial charge in [-0.25, -0.2) is 4.39 Å². The van der Waals surface area contributed by atoms with Crippen LogP contribution in [0.3, 0.4) is 0 Å². The smallest absolute Gasteiger partial charge is 0.248 e. The average molecular weight is 286 g/mol. The van der Waals surface area contributed by atoms with Crippen LogP contribution in [0.1, 0.15) is 27.2 Å². The number of carbonyl (C=O) groups is 1. The Hall–Kier alpha value is -2.81. The Kier molecular flexibility index (Phi) is 3.94. The molecule has 0 aliphatic rings. The molecule has 0 radical (unpaired) electrons. The van der Waals surface area contributed by atoms with Gasteiger partial charge in [-0.05, 0) is 30.7 Å². The molecule has 0 aliphatic carbocycles. The highest BCUT2D eigenvalue weighted by molar-refractivity contribution is 5.94. The molecule has 0 saturated carbocycles. The van der Waals surface area contributed by atoms with Gasteiger partial charge in [-0.15, -0.1) is 0 Å². The van der Waals surface area contributed by atoms with E-state index in [-0.39, 0.29) is 5.56 Å². The van der Waals surface area contributed by atoms with Gasteiger partial charge in [0.2, 0.25) is 5.91 Å². The first-order valence-corrected chi connectivity index (χ1v) is 6.31. The van der Waals surface area contributed by atoms with Gasteiger partial charge in [0.25, 0.3) is 0 Å². The van der Waals surface area contributed by atoms with Gasteiger partial charge in [0.05, 0.1) is 0 Å². The molecule has 1 aromatic heterocycles. The lowest BCUT2D eigenvalue weighted by Gasteiger charge is -2.11. The van der Waals surface area contributed by atoms with E-state index in [4.69, 9.17) is 11.0 Å². The van der Waals surface area contributed by atoms with Crippen molar-refractivity contribution in [2.75, 3.05) is 5.32 Å².